The number of carboxylic acid groups (broad SMARTS) is 1. The van der Waals surface area contributed by atoms with Crippen LogP contribution in [-0.4, -0.2) is 37.7 Å². The second-order valence-electron chi connectivity index (χ2n) is 9.46. The molecule has 3 N–H and O–H groups in total. The van der Waals surface area contributed by atoms with Crippen LogP contribution in [0.3, 0.4) is 0 Å². The number of hydrogen-bond donors (Lipinski definition) is 3. The maximum absolute atomic E-state index is 12.4. The SMILES string of the molecule is O=C(O)CCCCCC(=O)Nc1cccc([C@@H]2O[C@H](Cn3cnc(Cl)c3Cl)C[C@H](c3ccc(CO)cc3)O2)c1. The number of aromatic nitrogens is 2. The second kappa shape index (κ2) is 13.9. The molecule has 1 aliphatic rings. The number of aliphatic carboxylic acids is 1. The summed E-state index contributed by atoms with van der Waals surface area (Å²) in [6.07, 6.45) is 3.11. The number of halogens is 2. The Labute approximate surface area is 236 Å². The van der Waals surface area contributed by atoms with Crippen molar-refractivity contribution in [3.05, 3.63) is 81.9 Å². The highest BCUT2D eigenvalue weighted by Gasteiger charge is 2.33. The van der Waals surface area contributed by atoms with Gasteiger partial charge in [0.2, 0.25) is 5.91 Å². The Morgan fingerprint density at radius 3 is 2.49 bits per heavy atom. The molecule has 39 heavy (non-hydrogen) atoms. The van der Waals surface area contributed by atoms with Gasteiger partial charge in [0, 0.05) is 30.5 Å². The predicted molar refractivity (Wildman–Crippen MR) is 146 cm³/mol. The number of nitrogens with zero attached hydrogens (tertiary/aromatic N) is 2. The summed E-state index contributed by atoms with van der Waals surface area (Å²) >= 11 is 12.3. The number of carbonyl (C=O) groups excluding carboxylic acids is 1. The van der Waals surface area contributed by atoms with E-state index in [4.69, 9.17) is 37.8 Å². The number of amides is 1. The number of hydrogen-bond acceptors (Lipinski definition) is 6. The highest BCUT2D eigenvalue weighted by molar-refractivity contribution is 6.40. The molecular formula is C28H31Cl2N3O6. The Morgan fingerprint density at radius 2 is 1.79 bits per heavy atom. The predicted octanol–water partition coefficient (Wildman–Crippen LogP) is 5.90. The minimum atomic E-state index is -0.827. The molecule has 4 rings (SSSR count). The van der Waals surface area contributed by atoms with Crippen molar-refractivity contribution < 1.29 is 29.3 Å². The maximum Gasteiger partial charge on any atom is 0.303 e. The first-order chi connectivity index (χ1) is 18.8. The highest BCUT2D eigenvalue weighted by atomic mass is 35.5. The quantitative estimate of drug-likeness (QED) is 0.230. The van der Waals surface area contributed by atoms with Crippen molar-refractivity contribution in [1.82, 2.24) is 9.55 Å². The molecule has 3 atom stereocenters. The number of aliphatic hydroxyl groups is 1. The van der Waals surface area contributed by atoms with E-state index in [0.717, 1.165) is 16.7 Å². The summed E-state index contributed by atoms with van der Waals surface area (Å²) in [7, 11) is 0. The van der Waals surface area contributed by atoms with Crippen molar-refractivity contribution in [2.75, 3.05) is 5.32 Å². The number of ether oxygens (including phenoxy) is 2. The molecule has 1 aromatic heterocycles. The van der Waals surface area contributed by atoms with Crippen LogP contribution in [0.5, 0.6) is 0 Å². The van der Waals surface area contributed by atoms with Gasteiger partial charge in [-0.05, 0) is 36.1 Å². The number of carbonyl (C=O) groups is 2. The van der Waals surface area contributed by atoms with Gasteiger partial charge < -0.3 is 29.6 Å². The number of nitrogens with one attached hydrogen (secondary N) is 1. The average Bonchev–Trinajstić information content (AvgIpc) is 3.25. The van der Waals surface area contributed by atoms with Crippen molar-refractivity contribution in [2.24, 2.45) is 0 Å². The summed E-state index contributed by atoms with van der Waals surface area (Å²) in [5.41, 5.74) is 3.12. The molecule has 208 valence electrons. The molecular weight excluding hydrogens is 545 g/mol. The van der Waals surface area contributed by atoms with Crippen LogP contribution in [0.15, 0.2) is 54.9 Å². The van der Waals surface area contributed by atoms with Crippen LogP contribution < -0.4 is 5.32 Å². The normalized spacial score (nSPS) is 19.1. The molecule has 11 heteroatoms. The lowest BCUT2D eigenvalue weighted by atomic mass is 10.00. The molecule has 0 saturated carbocycles. The first kappa shape index (κ1) is 29.0. The van der Waals surface area contributed by atoms with E-state index in [1.807, 2.05) is 42.5 Å². The molecule has 0 bridgehead atoms. The number of imidazole rings is 1. The van der Waals surface area contributed by atoms with Gasteiger partial charge in [0.05, 0.1) is 31.7 Å². The zero-order chi connectivity index (χ0) is 27.8. The fourth-order valence-corrected chi connectivity index (χ4v) is 4.76. The van der Waals surface area contributed by atoms with E-state index in [1.165, 1.54) is 0 Å². The lowest BCUT2D eigenvalue weighted by molar-refractivity contribution is -0.252. The van der Waals surface area contributed by atoms with Crippen LogP contribution in [0.1, 0.15) is 67.6 Å². The van der Waals surface area contributed by atoms with Gasteiger partial charge in [0.15, 0.2) is 11.4 Å². The van der Waals surface area contributed by atoms with Crippen molar-refractivity contribution in [2.45, 2.75) is 70.2 Å². The van der Waals surface area contributed by atoms with Crippen molar-refractivity contribution in [1.29, 1.82) is 0 Å². The maximum atomic E-state index is 12.4. The number of anilines is 1. The van der Waals surface area contributed by atoms with E-state index in [2.05, 4.69) is 10.3 Å². The van der Waals surface area contributed by atoms with Gasteiger partial charge >= 0.3 is 5.97 Å². The summed E-state index contributed by atoms with van der Waals surface area (Å²) in [5.74, 6) is -0.966. The lowest BCUT2D eigenvalue weighted by Gasteiger charge is -2.36. The summed E-state index contributed by atoms with van der Waals surface area (Å²) in [6, 6.07) is 14.9. The molecule has 1 saturated heterocycles. The van der Waals surface area contributed by atoms with E-state index in [1.54, 1.807) is 17.0 Å². The number of carboxylic acids is 1. The minimum Gasteiger partial charge on any atom is -0.481 e. The van der Waals surface area contributed by atoms with E-state index >= 15 is 0 Å². The third kappa shape index (κ3) is 8.27. The van der Waals surface area contributed by atoms with Gasteiger partial charge in [-0.15, -0.1) is 0 Å². The molecule has 1 fully saturated rings. The van der Waals surface area contributed by atoms with Crippen molar-refractivity contribution >= 4 is 40.8 Å². The largest absolute Gasteiger partial charge is 0.481 e. The van der Waals surface area contributed by atoms with Crippen LogP contribution in [0.2, 0.25) is 10.3 Å². The molecule has 2 aromatic carbocycles. The van der Waals surface area contributed by atoms with Crippen LogP contribution in [-0.2, 0) is 32.2 Å². The van der Waals surface area contributed by atoms with E-state index < -0.39 is 12.3 Å². The molecule has 0 radical (unpaired) electrons. The fraction of sp³-hybridized carbons (Fsp3) is 0.393. The van der Waals surface area contributed by atoms with Gasteiger partial charge in [-0.1, -0.05) is 66.0 Å². The Bertz CT molecular complexity index is 1270. The third-order valence-corrected chi connectivity index (χ3v) is 7.25. The van der Waals surface area contributed by atoms with Gasteiger partial charge in [-0.25, -0.2) is 4.98 Å². The number of unbranched alkanes of at least 4 members (excludes halogenated alkanes) is 2. The molecule has 1 amide bonds. The van der Waals surface area contributed by atoms with E-state index in [9.17, 15) is 14.7 Å². The fourth-order valence-electron chi connectivity index (χ4n) is 4.45. The minimum absolute atomic E-state index is 0.0408. The van der Waals surface area contributed by atoms with Gasteiger partial charge in [-0.2, -0.15) is 0 Å². The zero-order valence-corrected chi connectivity index (χ0v) is 22.8. The Kier molecular flexibility index (Phi) is 10.4. The van der Waals surface area contributed by atoms with E-state index in [-0.39, 0.29) is 36.3 Å². The lowest BCUT2D eigenvalue weighted by Crippen LogP contribution is -2.32. The van der Waals surface area contributed by atoms with Crippen LogP contribution in [0.25, 0.3) is 0 Å². The third-order valence-electron chi connectivity index (χ3n) is 6.49. The van der Waals surface area contributed by atoms with Crippen LogP contribution in [0, 0.1) is 0 Å². The molecule has 2 heterocycles. The Morgan fingerprint density at radius 1 is 1.03 bits per heavy atom. The summed E-state index contributed by atoms with van der Waals surface area (Å²) in [6.45, 7) is 0.378. The molecule has 1 aliphatic heterocycles. The summed E-state index contributed by atoms with van der Waals surface area (Å²) in [4.78, 5) is 27.1. The van der Waals surface area contributed by atoms with Crippen molar-refractivity contribution in [3.63, 3.8) is 0 Å². The Hall–Kier alpha value is -2.95. The molecule has 0 spiro atoms. The van der Waals surface area contributed by atoms with Gasteiger partial charge in [-0.3, -0.25) is 9.59 Å². The van der Waals surface area contributed by atoms with Crippen molar-refractivity contribution in [3.8, 4) is 0 Å². The molecule has 0 unspecified atom stereocenters. The van der Waals surface area contributed by atoms with Gasteiger partial charge in [0.25, 0.3) is 0 Å². The summed E-state index contributed by atoms with van der Waals surface area (Å²) < 4.78 is 14.4. The van der Waals surface area contributed by atoms with Crippen LogP contribution >= 0.6 is 23.2 Å². The van der Waals surface area contributed by atoms with Crippen LogP contribution in [0.4, 0.5) is 5.69 Å². The zero-order valence-electron chi connectivity index (χ0n) is 21.3. The monoisotopic (exact) mass is 575 g/mol. The standard InChI is InChI=1S/C28H31Cl2N3O6/c29-26-27(30)33(17-31-26)15-22-14-23(19-11-9-18(16-34)10-12-19)39-28(38-22)20-5-4-6-21(13-20)32-24(35)7-2-1-3-8-25(36)37/h4-6,9-13,17,22-23,28,34H,1-3,7-8,14-16H2,(H,32,35)(H,36,37)/t22-,23+,28+/m0/s1. The first-order valence-electron chi connectivity index (χ1n) is 12.8. The number of rotatable bonds is 12. The molecule has 9 nitrogen and oxygen atoms in total. The molecule has 3 aromatic rings. The average molecular weight is 576 g/mol. The second-order valence-corrected chi connectivity index (χ2v) is 10.2. The van der Waals surface area contributed by atoms with Gasteiger partial charge in [0.1, 0.15) is 5.15 Å². The highest BCUT2D eigenvalue weighted by Crippen LogP contribution is 2.39. The number of aliphatic hydroxyl groups excluding tert-OH is 1. The summed E-state index contributed by atoms with van der Waals surface area (Å²) in [5, 5.41) is 21.6. The van der Waals surface area contributed by atoms with E-state index in [0.29, 0.717) is 49.5 Å². The topological polar surface area (TPSA) is 123 Å². The number of benzene rings is 2. The smallest absolute Gasteiger partial charge is 0.303 e. The Balaban J connectivity index is 1.46. The first-order valence-corrected chi connectivity index (χ1v) is 13.6. The molecule has 0 aliphatic carbocycles.